The second-order valence-corrected chi connectivity index (χ2v) is 4.26. The highest BCUT2D eigenvalue weighted by Crippen LogP contribution is 2.29. The van der Waals surface area contributed by atoms with Crippen LogP contribution in [0.2, 0.25) is 0 Å². The van der Waals surface area contributed by atoms with E-state index in [0.29, 0.717) is 0 Å². The van der Waals surface area contributed by atoms with Gasteiger partial charge in [-0.2, -0.15) is 0 Å². The maximum Gasteiger partial charge on any atom is 0.364 e. The SMILES string of the molecule is NC1C(O)CC(O)(C(=O)O)OC1C(O)[C@H](O)CO. The molecule has 0 aromatic rings. The van der Waals surface area contributed by atoms with E-state index in [0.717, 1.165) is 0 Å². The molecule has 0 saturated carbocycles. The lowest BCUT2D eigenvalue weighted by atomic mass is 9.89. The summed E-state index contributed by atoms with van der Waals surface area (Å²) >= 11 is 0. The molecule has 106 valence electrons. The Labute approximate surface area is 102 Å². The molecule has 0 radical (unpaired) electrons. The zero-order chi connectivity index (χ0) is 14.1. The minimum absolute atomic E-state index is 0.665. The van der Waals surface area contributed by atoms with Crippen LogP contribution in [0.15, 0.2) is 0 Å². The van der Waals surface area contributed by atoms with Crippen LogP contribution in [-0.2, 0) is 9.53 Å². The highest BCUT2D eigenvalue weighted by Gasteiger charge is 2.52. The molecule has 9 heteroatoms. The number of carboxylic acids is 1. The van der Waals surface area contributed by atoms with Gasteiger partial charge in [0.25, 0.3) is 5.79 Å². The minimum atomic E-state index is -2.70. The third-order valence-corrected chi connectivity index (χ3v) is 2.89. The lowest BCUT2D eigenvalue weighted by molar-refractivity contribution is -0.292. The summed E-state index contributed by atoms with van der Waals surface area (Å²) < 4.78 is 4.75. The average molecular weight is 267 g/mol. The fraction of sp³-hybridized carbons (Fsp3) is 0.889. The third kappa shape index (κ3) is 2.78. The number of aliphatic hydroxyl groups excluding tert-OH is 4. The van der Waals surface area contributed by atoms with E-state index < -0.39 is 55.2 Å². The first-order valence-corrected chi connectivity index (χ1v) is 5.27. The molecule has 1 aliphatic heterocycles. The number of aliphatic carboxylic acids is 1. The molecule has 1 rings (SSSR count). The van der Waals surface area contributed by atoms with Crippen molar-refractivity contribution in [3.05, 3.63) is 0 Å². The van der Waals surface area contributed by atoms with Crippen LogP contribution in [-0.4, -0.2) is 79.5 Å². The molecule has 8 N–H and O–H groups in total. The third-order valence-electron chi connectivity index (χ3n) is 2.89. The van der Waals surface area contributed by atoms with E-state index in [2.05, 4.69) is 0 Å². The molecule has 0 aliphatic carbocycles. The summed E-state index contributed by atoms with van der Waals surface area (Å²) in [6.45, 7) is -0.810. The van der Waals surface area contributed by atoms with E-state index in [1.165, 1.54) is 0 Å². The molecule has 1 heterocycles. The fourth-order valence-electron chi connectivity index (χ4n) is 1.75. The minimum Gasteiger partial charge on any atom is -0.477 e. The van der Waals surface area contributed by atoms with Crippen molar-refractivity contribution in [2.24, 2.45) is 5.73 Å². The second kappa shape index (κ2) is 5.45. The van der Waals surface area contributed by atoms with Crippen LogP contribution in [0.25, 0.3) is 0 Å². The summed E-state index contributed by atoms with van der Waals surface area (Å²) in [5.41, 5.74) is 5.51. The van der Waals surface area contributed by atoms with Crippen LogP contribution in [0.1, 0.15) is 6.42 Å². The number of carboxylic acid groups (broad SMARTS) is 1. The maximum absolute atomic E-state index is 10.8. The Bertz CT molecular complexity index is 313. The molecule has 5 unspecified atom stereocenters. The molecule has 1 fully saturated rings. The van der Waals surface area contributed by atoms with E-state index >= 15 is 0 Å². The molecule has 9 nitrogen and oxygen atoms in total. The molecule has 0 aromatic heterocycles. The van der Waals surface area contributed by atoms with E-state index in [1.807, 2.05) is 0 Å². The highest BCUT2D eigenvalue weighted by atomic mass is 16.7. The van der Waals surface area contributed by atoms with Crippen molar-refractivity contribution in [1.82, 2.24) is 0 Å². The molecule has 0 amide bonds. The monoisotopic (exact) mass is 267 g/mol. The normalized spacial score (nSPS) is 40.2. The number of hydrogen-bond donors (Lipinski definition) is 7. The summed E-state index contributed by atoms with van der Waals surface area (Å²) in [6.07, 6.45) is -7.01. The smallest absolute Gasteiger partial charge is 0.364 e. The van der Waals surface area contributed by atoms with E-state index in [-0.39, 0.29) is 0 Å². The van der Waals surface area contributed by atoms with Gasteiger partial charge in [0.05, 0.1) is 18.8 Å². The molecule has 0 spiro atoms. The number of carbonyl (C=O) groups is 1. The summed E-state index contributed by atoms with van der Waals surface area (Å²) in [4.78, 5) is 10.8. The summed E-state index contributed by atoms with van der Waals surface area (Å²) in [5.74, 6) is -4.44. The number of hydrogen-bond acceptors (Lipinski definition) is 8. The quantitative estimate of drug-likeness (QED) is 0.267. The predicted octanol–water partition coefficient (Wildman–Crippen LogP) is -4.05. The van der Waals surface area contributed by atoms with E-state index in [9.17, 15) is 25.2 Å². The van der Waals surface area contributed by atoms with Crippen molar-refractivity contribution in [2.45, 2.75) is 42.7 Å². The van der Waals surface area contributed by atoms with Gasteiger partial charge in [0.15, 0.2) is 0 Å². The topological polar surface area (TPSA) is 174 Å². The Kier molecular flexibility index (Phi) is 4.61. The Morgan fingerprint density at radius 2 is 2.06 bits per heavy atom. The molecule has 1 saturated heterocycles. The molecular formula is C9H17NO8. The van der Waals surface area contributed by atoms with Crippen LogP contribution >= 0.6 is 0 Å². The Morgan fingerprint density at radius 1 is 1.50 bits per heavy atom. The van der Waals surface area contributed by atoms with Crippen molar-refractivity contribution in [2.75, 3.05) is 6.61 Å². The number of aliphatic hydroxyl groups is 5. The van der Waals surface area contributed by atoms with Crippen LogP contribution in [0, 0.1) is 0 Å². The van der Waals surface area contributed by atoms with Gasteiger partial charge in [-0.3, -0.25) is 0 Å². The van der Waals surface area contributed by atoms with Gasteiger partial charge in [0.1, 0.15) is 18.3 Å². The highest BCUT2D eigenvalue weighted by molar-refractivity contribution is 5.75. The first-order valence-electron chi connectivity index (χ1n) is 5.27. The zero-order valence-electron chi connectivity index (χ0n) is 9.38. The van der Waals surface area contributed by atoms with Gasteiger partial charge in [0.2, 0.25) is 0 Å². The Morgan fingerprint density at radius 3 is 2.50 bits per heavy atom. The largest absolute Gasteiger partial charge is 0.477 e. The van der Waals surface area contributed by atoms with E-state index in [1.54, 1.807) is 0 Å². The number of ether oxygens (including phenoxy) is 1. The maximum atomic E-state index is 10.8. The predicted molar refractivity (Wildman–Crippen MR) is 55.2 cm³/mol. The van der Waals surface area contributed by atoms with Gasteiger partial charge in [0, 0.05) is 6.42 Å². The average Bonchev–Trinajstić information content (AvgIpc) is 2.31. The summed E-state index contributed by atoms with van der Waals surface area (Å²) in [5, 5.41) is 55.5. The van der Waals surface area contributed by atoms with Crippen LogP contribution in [0.5, 0.6) is 0 Å². The lowest BCUT2D eigenvalue weighted by Gasteiger charge is -2.43. The van der Waals surface area contributed by atoms with Crippen molar-refractivity contribution in [3.63, 3.8) is 0 Å². The molecule has 6 atom stereocenters. The standard InChI is InChI=1S/C9H17NO8/c10-5-3(12)1-9(17,8(15)16)18-7(5)6(14)4(13)2-11/h3-7,11-14,17H,1-2,10H2,(H,15,16)/t3?,4-,5?,6?,7?,9?/m1/s1. The van der Waals surface area contributed by atoms with Gasteiger partial charge in [-0.1, -0.05) is 0 Å². The first-order chi connectivity index (χ1) is 8.23. The molecule has 0 aromatic carbocycles. The van der Waals surface area contributed by atoms with Crippen molar-refractivity contribution in [1.29, 1.82) is 0 Å². The van der Waals surface area contributed by atoms with E-state index in [4.69, 9.17) is 20.7 Å². The van der Waals surface area contributed by atoms with Crippen LogP contribution in [0.4, 0.5) is 0 Å². The zero-order valence-corrected chi connectivity index (χ0v) is 9.38. The molecular weight excluding hydrogens is 250 g/mol. The Hall–Kier alpha value is -0.810. The van der Waals surface area contributed by atoms with Gasteiger partial charge in [-0.25, -0.2) is 4.79 Å². The lowest BCUT2D eigenvalue weighted by Crippen LogP contribution is -2.65. The number of nitrogens with two attached hydrogens (primary N) is 1. The molecule has 18 heavy (non-hydrogen) atoms. The van der Waals surface area contributed by atoms with Crippen molar-refractivity contribution >= 4 is 5.97 Å². The van der Waals surface area contributed by atoms with Gasteiger partial charge in [-0.05, 0) is 0 Å². The summed E-state index contributed by atoms with van der Waals surface area (Å²) in [7, 11) is 0. The molecule has 1 aliphatic rings. The van der Waals surface area contributed by atoms with Crippen LogP contribution < -0.4 is 5.73 Å². The Balaban J connectivity index is 2.92. The number of rotatable bonds is 4. The van der Waals surface area contributed by atoms with Crippen molar-refractivity contribution < 1.29 is 40.2 Å². The first kappa shape index (κ1) is 15.2. The molecule has 0 bridgehead atoms. The second-order valence-electron chi connectivity index (χ2n) is 4.26. The van der Waals surface area contributed by atoms with Gasteiger partial charge in [-0.15, -0.1) is 0 Å². The van der Waals surface area contributed by atoms with Crippen LogP contribution in [0.3, 0.4) is 0 Å². The van der Waals surface area contributed by atoms with Gasteiger partial charge < -0.3 is 41.1 Å². The van der Waals surface area contributed by atoms with Crippen molar-refractivity contribution in [3.8, 4) is 0 Å². The van der Waals surface area contributed by atoms with Gasteiger partial charge >= 0.3 is 5.97 Å². The summed E-state index contributed by atoms with van der Waals surface area (Å²) in [6, 6.07) is -1.21. The fourth-order valence-corrected chi connectivity index (χ4v) is 1.75.